The molecule has 0 saturated carbocycles. The molecular formula is C18H19ClFN5OS. The average Bonchev–Trinajstić information content (AvgIpc) is 3.33. The van der Waals surface area contributed by atoms with Crippen molar-refractivity contribution in [3.05, 3.63) is 53.4 Å². The van der Waals surface area contributed by atoms with Gasteiger partial charge in [0.05, 0.1) is 10.6 Å². The molecule has 1 atom stereocenters. The summed E-state index contributed by atoms with van der Waals surface area (Å²) in [6.45, 7) is 1.73. The van der Waals surface area contributed by atoms with E-state index in [1.165, 1.54) is 23.5 Å². The lowest BCUT2D eigenvalue weighted by Crippen LogP contribution is -2.45. The lowest BCUT2D eigenvalue weighted by molar-refractivity contribution is 0.0920. The zero-order valence-electron chi connectivity index (χ0n) is 14.4. The first-order valence-corrected chi connectivity index (χ1v) is 9.37. The molecule has 6 nitrogen and oxygen atoms in total. The lowest BCUT2D eigenvalue weighted by Gasteiger charge is -2.23. The number of carbonyl (C=O) groups is 1. The maximum Gasteiger partial charge on any atom is 0.291 e. The number of hydrogen-bond acceptors (Lipinski definition) is 5. The van der Waals surface area contributed by atoms with E-state index in [4.69, 9.17) is 0 Å². The van der Waals surface area contributed by atoms with Crippen molar-refractivity contribution in [2.24, 2.45) is 0 Å². The van der Waals surface area contributed by atoms with Crippen molar-refractivity contribution in [2.45, 2.75) is 18.9 Å². The highest BCUT2D eigenvalue weighted by Gasteiger charge is 2.22. The quantitative estimate of drug-likeness (QED) is 0.697. The Morgan fingerprint density at radius 1 is 1.30 bits per heavy atom. The molecule has 0 bridgehead atoms. The number of amides is 1. The van der Waals surface area contributed by atoms with Crippen LogP contribution in [-0.4, -0.2) is 39.8 Å². The molecule has 1 amide bonds. The molecule has 1 unspecified atom stereocenters. The van der Waals surface area contributed by atoms with Crippen molar-refractivity contribution in [3.8, 4) is 16.4 Å². The van der Waals surface area contributed by atoms with E-state index in [9.17, 15) is 9.18 Å². The van der Waals surface area contributed by atoms with Crippen LogP contribution in [0, 0.1) is 5.82 Å². The molecular weight excluding hydrogens is 389 g/mol. The molecule has 1 aliphatic heterocycles. The molecule has 0 aliphatic carbocycles. The van der Waals surface area contributed by atoms with Crippen LogP contribution in [0.1, 0.15) is 23.5 Å². The molecule has 142 valence electrons. The zero-order chi connectivity index (χ0) is 17.9. The van der Waals surface area contributed by atoms with Crippen molar-refractivity contribution in [2.75, 3.05) is 13.1 Å². The Morgan fingerprint density at radius 3 is 2.78 bits per heavy atom. The SMILES string of the molecule is Cl.O=C(NC1CCCNC1)c1nc(-c2cccs2)n(-c2ccc(F)cc2)n1. The molecule has 1 fully saturated rings. The Bertz CT molecular complexity index is 891. The summed E-state index contributed by atoms with van der Waals surface area (Å²) in [5, 5.41) is 12.6. The van der Waals surface area contributed by atoms with Gasteiger partial charge in [0.25, 0.3) is 5.91 Å². The van der Waals surface area contributed by atoms with E-state index >= 15 is 0 Å². The molecule has 9 heteroatoms. The standard InChI is InChI=1S/C18H18FN5OS.ClH/c19-12-5-7-14(8-6-12)24-17(15-4-2-10-26-15)22-16(23-24)18(25)21-13-3-1-9-20-11-13;/h2,4-8,10,13,20H,1,3,9,11H2,(H,21,25);1H. The molecule has 2 N–H and O–H groups in total. The van der Waals surface area contributed by atoms with E-state index < -0.39 is 0 Å². The molecule has 27 heavy (non-hydrogen) atoms. The van der Waals surface area contributed by atoms with E-state index in [1.807, 2.05) is 17.5 Å². The van der Waals surface area contributed by atoms with Gasteiger partial charge >= 0.3 is 0 Å². The van der Waals surface area contributed by atoms with E-state index in [2.05, 4.69) is 20.7 Å². The van der Waals surface area contributed by atoms with Crippen molar-refractivity contribution in [1.29, 1.82) is 0 Å². The molecule has 3 heterocycles. The normalized spacial score (nSPS) is 16.6. The molecule has 1 saturated heterocycles. The van der Waals surface area contributed by atoms with Gasteiger partial charge in [-0.15, -0.1) is 28.8 Å². The van der Waals surface area contributed by atoms with Crippen LogP contribution in [0.3, 0.4) is 0 Å². The summed E-state index contributed by atoms with van der Waals surface area (Å²) < 4.78 is 14.8. The highest BCUT2D eigenvalue weighted by atomic mass is 35.5. The van der Waals surface area contributed by atoms with Gasteiger partial charge in [0.2, 0.25) is 5.82 Å². The largest absolute Gasteiger partial charge is 0.345 e. The third-order valence-corrected chi connectivity index (χ3v) is 5.12. The van der Waals surface area contributed by atoms with E-state index in [1.54, 1.807) is 16.8 Å². The van der Waals surface area contributed by atoms with Crippen LogP contribution in [0.4, 0.5) is 4.39 Å². The third kappa shape index (κ3) is 4.35. The molecule has 0 radical (unpaired) electrons. The van der Waals surface area contributed by atoms with Crippen LogP contribution < -0.4 is 10.6 Å². The Morgan fingerprint density at radius 2 is 2.11 bits per heavy atom. The van der Waals surface area contributed by atoms with Gasteiger partial charge in [-0.05, 0) is 55.1 Å². The number of nitrogens with one attached hydrogen (secondary N) is 2. The first-order chi connectivity index (χ1) is 12.7. The Kier molecular flexibility index (Phi) is 6.20. The fraction of sp³-hybridized carbons (Fsp3) is 0.278. The fourth-order valence-corrected chi connectivity index (χ4v) is 3.66. The lowest BCUT2D eigenvalue weighted by atomic mass is 10.1. The second-order valence-electron chi connectivity index (χ2n) is 6.14. The second kappa shape index (κ2) is 8.60. The Balaban J connectivity index is 0.00000210. The highest BCUT2D eigenvalue weighted by molar-refractivity contribution is 7.13. The van der Waals surface area contributed by atoms with Crippen LogP contribution in [0.15, 0.2) is 41.8 Å². The van der Waals surface area contributed by atoms with Gasteiger partial charge in [-0.1, -0.05) is 6.07 Å². The zero-order valence-corrected chi connectivity index (χ0v) is 16.0. The van der Waals surface area contributed by atoms with Crippen LogP contribution in [0.5, 0.6) is 0 Å². The maximum absolute atomic E-state index is 13.3. The van der Waals surface area contributed by atoms with Gasteiger partial charge in [0.15, 0.2) is 5.82 Å². The van der Waals surface area contributed by atoms with E-state index in [0.717, 1.165) is 30.8 Å². The number of aromatic nitrogens is 3. The average molecular weight is 408 g/mol. The summed E-state index contributed by atoms with van der Waals surface area (Å²) in [4.78, 5) is 17.9. The van der Waals surface area contributed by atoms with Crippen molar-refractivity contribution < 1.29 is 9.18 Å². The van der Waals surface area contributed by atoms with Crippen molar-refractivity contribution in [1.82, 2.24) is 25.4 Å². The predicted octanol–water partition coefficient (Wildman–Crippen LogP) is 3.04. The van der Waals surface area contributed by atoms with Crippen LogP contribution in [0.25, 0.3) is 16.4 Å². The third-order valence-electron chi connectivity index (χ3n) is 4.26. The monoisotopic (exact) mass is 407 g/mol. The van der Waals surface area contributed by atoms with Gasteiger partial charge in [-0.3, -0.25) is 4.79 Å². The van der Waals surface area contributed by atoms with Gasteiger partial charge in [-0.2, -0.15) is 0 Å². The minimum absolute atomic E-state index is 0. The highest BCUT2D eigenvalue weighted by Crippen LogP contribution is 2.25. The molecule has 0 spiro atoms. The van der Waals surface area contributed by atoms with Gasteiger partial charge in [-0.25, -0.2) is 14.1 Å². The number of piperidine rings is 1. The van der Waals surface area contributed by atoms with Crippen LogP contribution in [0.2, 0.25) is 0 Å². The minimum atomic E-state index is -0.325. The first kappa shape index (κ1) is 19.5. The summed E-state index contributed by atoms with van der Waals surface area (Å²) in [5.74, 6) is 0.0634. The summed E-state index contributed by atoms with van der Waals surface area (Å²) in [5.41, 5.74) is 0.653. The Labute approximate surface area is 166 Å². The van der Waals surface area contributed by atoms with Crippen molar-refractivity contribution in [3.63, 3.8) is 0 Å². The molecule has 1 aliphatic rings. The van der Waals surface area contributed by atoms with Gasteiger partial charge < -0.3 is 10.6 Å². The summed E-state index contributed by atoms with van der Waals surface area (Å²) in [6, 6.07) is 9.88. The topological polar surface area (TPSA) is 71.8 Å². The molecule has 3 aromatic rings. The van der Waals surface area contributed by atoms with Crippen LogP contribution in [-0.2, 0) is 0 Å². The Hall–Kier alpha value is -2.29. The minimum Gasteiger partial charge on any atom is -0.345 e. The number of hydrogen-bond donors (Lipinski definition) is 2. The number of halogens is 2. The number of nitrogens with zero attached hydrogens (tertiary/aromatic N) is 3. The summed E-state index contributed by atoms with van der Waals surface area (Å²) in [6.07, 6.45) is 1.97. The molecule has 2 aromatic heterocycles. The summed E-state index contributed by atoms with van der Waals surface area (Å²) >= 11 is 1.51. The van der Waals surface area contributed by atoms with Gasteiger partial charge in [0.1, 0.15) is 5.82 Å². The number of carbonyl (C=O) groups excluding carboxylic acids is 1. The fourth-order valence-electron chi connectivity index (χ4n) is 2.96. The number of rotatable bonds is 4. The number of benzene rings is 1. The first-order valence-electron chi connectivity index (χ1n) is 8.49. The van der Waals surface area contributed by atoms with Gasteiger partial charge in [0, 0.05) is 12.6 Å². The summed E-state index contributed by atoms with van der Waals surface area (Å²) in [7, 11) is 0. The maximum atomic E-state index is 13.3. The van der Waals surface area contributed by atoms with E-state index in [-0.39, 0.29) is 36.0 Å². The number of thiophene rings is 1. The van der Waals surface area contributed by atoms with Crippen LogP contribution >= 0.6 is 23.7 Å². The second-order valence-corrected chi connectivity index (χ2v) is 7.09. The van der Waals surface area contributed by atoms with Crippen molar-refractivity contribution >= 4 is 29.7 Å². The predicted molar refractivity (Wildman–Crippen MR) is 105 cm³/mol. The molecule has 1 aromatic carbocycles. The molecule has 4 rings (SSSR count). The van der Waals surface area contributed by atoms with E-state index in [0.29, 0.717) is 11.5 Å². The smallest absolute Gasteiger partial charge is 0.291 e.